The first kappa shape index (κ1) is 17.4. The zero-order valence-corrected chi connectivity index (χ0v) is 14.7. The molecule has 2 aromatic rings. The molecule has 3 rings (SSSR count). The monoisotopic (exact) mass is 343 g/mol. The Labute approximate surface area is 148 Å². The lowest BCUT2D eigenvalue weighted by atomic mass is 10.2. The molecule has 0 radical (unpaired) electrons. The van der Waals surface area contributed by atoms with Crippen LogP contribution in [0.15, 0.2) is 30.7 Å². The Balaban J connectivity index is 1.61. The van der Waals surface area contributed by atoms with Crippen molar-refractivity contribution in [2.45, 2.75) is 45.4 Å². The summed E-state index contributed by atoms with van der Waals surface area (Å²) in [6.45, 7) is 5.65. The molecule has 1 atom stereocenters. The topological polar surface area (TPSA) is 83.4 Å². The summed E-state index contributed by atoms with van der Waals surface area (Å²) in [6, 6.07) is 5.94. The summed E-state index contributed by atoms with van der Waals surface area (Å²) in [5.74, 6) is 2.25. The van der Waals surface area contributed by atoms with Crippen molar-refractivity contribution in [3.8, 4) is 5.88 Å². The second-order valence-electron chi connectivity index (χ2n) is 6.46. The van der Waals surface area contributed by atoms with E-state index in [1.807, 2.05) is 32.0 Å². The van der Waals surface area contributed by atoms with Crippen LogP contribution in [0.3, 0.4) is 0 Å². The van der Waals surface area contributed by atoms with Gasteiger partial charge in [0, 0.05) is 31.4 Å². The van der Waals surface area contributed by atoms with Gasteiger partial charge in [-0.2, -0.15) is 0 Å². The van der Waals surface area contributed by atoms with Crippen LogP contribution >= 0.6 is 0 Å². The molecule has 134 valence electrons. The fraction of sp³-hybridized carbons (Fsp3) is 0.500. The molecule has 0 bridgehead atoms. The molecule has 0 spiro atoms. The molecule has 2 N–H and O–H groups in total. The molecule has 1 aliphatic heterocycles. The van der Waals surface area contributed by atoms with Crippen LogP contribution in [0.25, 0.3) is 0 Å². The van der Waals surface area contributed by atoms with Crippen molar-refractivity contribution >= 4 is 11.6 Å². The summed E-state index contributed by atoms with van der Waals surface area (Å²) >= 11 is 0. The van der Waals surface area contributed by atoms with Crippen LogP contribution in [0.1, 0.15) is 32.3 Å². The van der Waals surface area contributed by atoms with Gasteiger partial charge in [0.25, 0.3) is 0 Å². The van der Waals surface area contributed by atoms with Gasteiger partial charge in [-0.25, -0.2) is 15.0 Å². The average molecular weight is 343 g/mol. The smallest absolute Gasteiger partial charge is 0.213 e. The third-order valence-electron chi connectivity index (χ3n) is 4.16. The van der Waals surface area contributed by atoms with E-state index in [1.54, 1.807) is 12.5 Å². The summed E-state index contributed by atoms with van der Waals surface area (Å²) in [6.07, 6.45) is 5.55. The summed E-state index contributed by atoms with van der Waals surface area (Å²) in [7, 11) is 0. The number of ether oxygens (including phenoxy) is 1. The lowest BCUT2D eigenvalue weighted by molar-refractivity contribution is 0.232. The highest BCUT2D eigenvalue weighted by atomic mass is 16.5. The summed E-state index contributed by atoms with van der Waals surface area (Å²) in [5.41, 5.74) is 1.05. The molecular formula is C18H25N5O2. The lowest BCUT2D eigenvalue weighted by Gasteiger charge is -2.24. The van der Waals surface area contributed by atoms with Crippen molar-refractivity contribution in [1.29, 1.82) is 0 Å². The number of aromatic nitrogens is 3. The Morgan fingerprint density at radius 2 is 2.20 bits per heavy atom. The Kier molecular flexibility index (Phi) is 5.65. The van der Waals surface area contributed by atoms with Crippen LogP contribution < -0.4 is 15.0 Å². The number of anilines is 2. The average Bonchev–Trinajstić information content (AvgIpc) is 3.10. The van der Waals surface area contributed by atoms with Gasteiger partial charge in [0.1, 0.15) is 18.0 Å². The molecule has 1 saturated heterocycles. The Morgan fingerprint density at radius 3 is 2.92 bits per heavy atom. The maximum atomic E-state index is 9.48. The van der Waals surface area contributed by atoms with Crippen molar-refractivity contribution in [3.63, 3.8) is 0 Å². The zero-order chi connectivity index (χ0) is 17.6. The number of pyridine rings is 1. The molecule has 0 saturated carbocycles. The Morgan fingerprint density at radius 1 is 1.32 bits per heavy atom. The van der Waals surface area contributed by atoms with E-state index in [1.165, 1.54) is 0 Å². The molecule has 0 amide bonds. The number of hydrogen-bond donors (Lipinski definition) is 2. The number of aliphatic hydroxyl groups excluding tert-OH is 1. The van der Waals surface area contributed by atoms with E-state index >= 15 is 0 Å². The van der Waals surface area contributed by atoms with Gasteiger partial charge in [-0.3, -0.25) is 0 Å². The molecule has 7 nitrogen and oxygen atoms in total. The number of hydrogen-bond acceptors (Lipinski definition) is 7. The lowest BCUT2D eigenvalue weighted by Crippen LogP contribution is -2.32. The van der Waals surface area contributed by atoms with Gasteiger partial charge in [0.2, 0.25) is 5.88 Å². The SMILES string of the molecule is CC(C)Oc1ccc(CNc2cc(N3CCCC3CO)ncn2)cn1. The van der Waals surface area contributed by atoms with Crippen LogP contribution in [0.2, 0.25) is 0 Å². The maximum absolute atomic E-state index is 9.48. The predicted molar refractivity (Wildman–Crippen MR) is 96.8 cm³/mol. The minimum Gasteiger partial charge on any atom is -0.475 e. The molecular weight excluding hydrogens is 318 g/mol. The second kappa shape index (κ2) is 8.11. The molecule has 3 heterocycles. The minimum absolute atomic E-state index is 0.115. The van der Waals surface area contributed by atoms with Crippen LogP contribution in [-0.2, 0) is 6.54 Å². The fourth-order valence-electron chi connectivity index (χ4n) is 2.95. The fourth-order valence-corrected chi connectivity index (χ4v) is 2.95. The Bertz CT molecular complexity index is 677. The molecule has 1 fully saturated rings. The molecule has 1 aliphatic rings. The summed E-state index contributed by atoms with van der Waals surface area (Å²) in [5, 5.41) is 12.8. The highest BCUT2D eigenvalue weighted by Gasteiger charge is 2.25. The number of rotatable bonds is 7. The van der Waals surface area contributed by atoms with Crippen molar-refractivity contribution in [3.05, 3.63) is 36.3 Å². The normalized spacial score (nSPS) is 17.1. The maximum Gasteiger partial charge on any atom is 0.213 e. The third-order valence-corrected chi connectivity index (χ3v) is 4.16. The van der Waals surface area contributed by atoms with Gasteiger partial charge in [0.05, 0.1) is 18.8 Å². The third kappa shape index (κ3) is 4.57. The quantitative estimate of drug-likeness (QED) is 0.797. The van der Waals surface area contributed by atoms with E-state index in [4.69, 9.17) is 4.74 Å². The molecule has 25 heavy (non-hydrogen) atoms. The standard InChI is InChI=1S/C18H25N5O2/c1-13(2)25-18-6-5-14(10-20-18)9-19-16-8-17(22-12-21-16)23-7-3-4-15(23)11-24/h5-6,8,10,12-13,15,24H,3-4,7,9,11H2,1-2H3,(H,19,21,22). The molecule has 0 aromatic carbocycles. The van der Waals surface area contributed by atoms with Crippen LogP contribution in [0, 0.1) is 0 Å². The predicted octanol–water partition coefficient (Wildman–Crippen LogP) is 2.23. The first-order chi connectivity index (χ1) is 12.2. The van der Waals surface area contributed by atoms with E-state index in [-0.39, 0.29) is 18.8 Å². The summed E-state index contributed by atoms with van der Waals surface area (Å²) < 4.78 is 5.55. The van der Waals surface area contributed by atoms with Gasteiger partial charge in [-0.1, -0.05) is 6.07 Å². The van der Waals surface area contributed by atoms with Crippen molar-refractivity contribution in [2.24, 2.45) is 0 Å². The van der Waals surface area contributed by atoms with Gasteiger partial charge in [-0.05, 0) is 32.3 Å². The molecule has 0 aliphatic carbocycles. The highest BCUT2D eigenvalue weighted by molar-refractivity contribution is 5.50. The van der Waals surface area contributed by atoms with Gasteiger partial charge < -0.3 is 20.1 Å². The molecule has 2 aromatic heterocycles. The Hall–Kier alpha value is -2.41. The first-order valence-electron chi connectivity index (χ1n) is 8.70. The van der Waals surface area contributed by atoms with Crippen molar-refractivity contribution in [2.75, 3.05) is 23.4 Å². The van der Waals surface area contributed by atoms with E-state index in [0.29, 0.717) is 12.4 Å². The highest BCUT2D eigenvalue weighted by Crippen LogP contribution is 2.24. The van der Waals surface area contributed by atoms with Crippen LogP contribution in [0.5, 0.6) is 5.88 Å². The second-order valence-corrected chi connectivity index (χ2v) is 6.46. The van der Waals surface area contributed by atoms with Crippen LogP contribution in [0.4, 0.5) is 11.6 Å². The van der Waals surface area contributed by atoms with E-state index < -0.39 is 0 Å². The van der Waals surface area contributed by atoms with Gasteiger partial charge in [0.15, 0.2) is 0 Å². The van der Waals surface area contributed by atoms with E-state index in [9.17, 15) is 5.11 Å². The number of aliphatic hydroxyl groups is 1. The van der Waals surface area contributed by atoms with Gasteiger partial charge >= 0.3 is 0 Å². The van der Waals surface area contributed by atoms with Crippen molar-refractivity contribution in [1.82, 2.24) is 15.0 Å². The van der Waals surface area contributed by atoms with Crippen LogP contribution in [-0.4, -0.2) is 45.4 Å². The minimum atomic E-state index is 0.115. The van der Waals surface area contributed by atoms with E-state index in [2.05, 4.69) is 25.2 Å². The largest absolute Gasteiger partial charge is 0.475 e. The van der Waals surface area contributed by atoms with Crippen molar-refractivity contribution < 1.29 is 9.84 Å². The summed E-state index contributed by atoms with van der Waals surface area (Å²) in [4.78, 5) is 15.1. The van der Waals surface area contributed by atoms with E-state index in [0.717, 1.165) is 36.6 Å². The zero-order valence-electron chi connectivity index (χ0n) is 14.7. The number of nitrogens with one attached hydrogen (secondary N) is 1. The first-order valence-corrected chi connectivity index (χ1v) is 8.70. The molecule has 7 heteroatoms. The number of nitrogens with zero attached hydrogens (tertiary/aromatic N) is 4. The molecule has 1 unspecified atom stereocenters. The van der Waals surface area contributed by atoms with Gasteiger partial charge in [-0.15, -0.1) is 0 Å².